The molecule has 210 valence electrons. The fourth-order valence-corrected chi connectivity index (χ4v) is 5.14. The average molecular weight is 556 g/mol. The molecule has 11 heteroatoms. The molecular weight excluding hydrogens is 526 g/mol. The van der Waals surface area contributed by atoms with E-state index in [-0.39, 0.29) is 17.5 Å². The second kappa shape index (κ2) is 10.9. The monoisotopic (exact) mass is 555 g/mol. The molecular formula is C30H29N5O6. The van der Waals surface area contributed by atoms with Gasteiger partial charge < -0.3 is 29.4 Å². The van der Waals surface area contributed by atoms with Gasteiger partial charge in [-0.15, -0.1) is 0 Å². The minimum Gasteiger partial charge on any atom is -0.494 e. The number of carbonyl (C=O) groups is 1. The summed E-state index contributed by atoms with van der Waals surface area (Å²) in [5, 5.41) is 22.9. The number of nitrogens with one attached hydrogen (secondary N) is 1. The van der Waals surface area contributed by atoms with Crippen molar-refractivity contribution in [3.05, 3.63) is 87.5 Å². The predicted octanol–water partition coefficient (Wildman–Crippen LogP) is 4.04. The number of non-ortho nitro benzene ring substituents is 1. The van der Waals surface area contributed by atoms with Crippen molar-refractivity contribution in [1.82, 2.24) is 14.8 Å². The largest absolute Gasteiger partial charge is 0.494 e. The van der Waals surface area contributed by atoms with Crippen LogP contribution < -0.4 is 9.47 Å². The van der Waals surface area contributed by atoms with Gasteiger partial charge in [0.15, 0.2) is 17.4 Å². The summed E-state index contributed by atoms with van der Waals surface area (Å²) in [7, 11) is 2.06. The van der Waals surface area contributed by atoms with Gasteiger partial charge in [0.05, 0.1) is 33.8 Å². The maximum Gasteiger partial charge on any atom is 0.271 e. The number of carbonyl (C=O) groups excluding carboxylic acids is 1. The van der Waals surface area contributed by atoms with E-state index in [9.17, 15) is 20.0 Å². The van der Waals surface area contributed by atoms with E-state index in [2.05, 4.69) is 16.9 Å². The highest BCUT2D eigenvalue weighted by Gasteiger charge is 2.23. The fourth-order valence-electron chi connectivity index (χ4n) is 5.14. The molecule has 0 saturated carbocycles. The molecule has 41 heavy (non-hydrogen) atoms. The number of fused-ring (bicyclic) bond motifs is 2. The highest BCUT2D eigenvalue weighted by Crippen LogP contribution is 2.36. The molecule has 0 spiro atoms. The van der Waals surface area contributed by atoms with E-state index in [0.717, 1.165) is 31.7 Å². The Labute approximate surface area is 235 Å². The van der Waals surface area contributed by atoms with Gasteiger partial charge in [0.25, 0.3) is 5.69 Å². The summed E-state index contributed by atoms with van der Waals surface area (Å²) >= 11 is 0. The van der Waals surface area contributed by atoms with Crippen molar-refractivity contribution >= 4 is 33.9 Å². The second-order valence-electron chi connectivity index (χ2n) is 10.2. The molecule has 1 aromatic heterocycles. The van der Waals surface area contributed by atoms with Gasteiger partial charge >= 0.3 is 0 Å². The van der Waals surface area contributed by atoms with Crippen LogP contribution in [-0.4, -0.2) is 82.9 Å². The van der Waals surface area contributed by atoms with Gasteiger partial charge in [-0.25, -0.2) is 4.99 Å². The first-order chi connectivity index (χ1) is 19.9. The molecule has 1 saturated heterocycles. The maximum atomic E-state index is 12.8. The second-order valence-corrected chi connectivity index (χ2v) is 10.2. The van der Waals surface area contributed by atoms with Crippen LogP contribution in [0.3, 0.4) is 0 Å². The van der Waals surface area contributed by atoms with Crippen LogP contribution in [0.5, 0.6) is 17.4 Å². The Balaban J connectivity index is 1.36. The van der Waals surface area contributed by atoms with Crippen LogP contribution >= 0.6 is 0 Å². The first-order valence-electron chi connectivity index (χ1n) is 13.4. The van der Waals surface area contributed by atoms with Crippen molar-refractivity contribution in [3.63, 3.8) is 0 Å². The third kappa shape index (κ3) is 5.44. The van der Waals surface area contributed by atoms with Gasteiger partial charge in [-0.3, -0.25) is 14.9 Å². The van der Waals surface area contributed by atoms with Crippen LogP contribution in [0.4, 0.5) is 11.4 Å². The lowest BCUT2D eigenvalue weighted by Gasteiger charge is -2.32. The van der Waals surface area contributed by atoms with Gasteiger partial charge in [0, 0.05) is 49.3 Å². The van der Waals surface area contributed by atoms with Crippen molar-refractivity contribution in [2.24, 2.45) is 4.99 Å². The molecule has 0 radical (unpaired) electrons. The number of nitro groups is 1. The van der Waals surface area contributed by atoms with Crippen molar-refractivity contribution in [2.75, 3.05) is 46.4 Å². The molecule has 0 atom stereocenters. The quantitative estimate of drug-likeness (QED) is 0.208. The molecule has 3 heterocycles. The van der Waals surface area contributed by atoms with E-state index in [1.807, 2.05) is 35.2 Å². The first-order valence-corrected chi connectivity index (χ1v) is 13.4. The number of hydrogen-bond acceptors (Lipinski definition) is 8. The van der Waals surface area contributed by atoms with Crippen molar-refractivity contribution in [3.8, 4) is 17.4 Å². The van der Waals surface area contributed by atoms with Crippen molar-refractivity contribution in [1.29, 1.82) is 0 Å². The van der Waals surface area contributed by atoms with Gasteiger partial charge in [0.2, 0.25) is 5.91 Å². The Morgan fingerprint density at radius 2 is 1.73 bits per heavy atom. The highest BCUT2D eigenvalue weighted by molar-refractivity contribution is 6.22. The van der Waals surface area contributed by atoms with Crippen LogP contribution in [0.2, 0.25) is 0 Å². The molecule has 1 amide bonds. The van der Waals surface area contributed by atoms with Gasteiger partial charge in [-0.2, -0.15) is 0 Å². The molecule has 4 aromatic rings. The number of aromatic hydroxyl groups is 1. The molecule has 0 aliphatic carbocycles. The minimum atomic E-state index is -0.483. The lowest BCUT2D eigenvalue weighted by atomic mass is 10.00. The topological polar surface area (TPSA) is 134 Å². The summed E-state index contributed by atoms with van der Waals surface area (Å²) in [5.74, 6) is 1.12. The highest BCUT2D eigenvalue weighted by atomic mass is 16.6. The van der Waals surface area contributed by atoms with E-state index < -0.39 is 4.92 Å². The molecule has 6 rings (SSSR count). The maximum absolute atomic E-state index is 12.8. The number of ether oxygens (including phenoxy) is 2. The molecule has 0 bridgehead atoms. The normalized spacial score (nSPS) is 15.7. The number of benzene rings is 3. The number of amides is 1. The molecule has 1 fully saturated rings. The zero-order valence-electron chi connectivity index (χ0n) is 22.5. The first kappa shape index (κ1) is 26.3. The van der Waals surface area contributed by atoms with Crippen molar-refractivity contribution < 1.29 is 24.3 Å². The standard InChI is InChI=1S/C30H29N5O6/c1-33-10-12-34(13-11-33)27(36)16-19-2-5-21(6-3-19)31-29(20-4-9-25-26(17-20)41-15-14-40-25)28-23-8-7-22(35(38)39)18-24(23)32-30(28)37/h2-9,17-18,32,37H,10-16H2,1H3. The zero-order valence-corrected chi connectivity index (χ0v) is 22.5. The van der Waals surface area contributed by atoms with E-state index in [1.165, 1.54) is 12.1 Å². The lowest BCUT2D eigenvalue weighted by molar-refractivity contribution is -0.384. The van der Waals surface area contributed by atoms with Gasteiger partial charge in [0.1, 0.15) is 13.2 Å². The zero-order chi connectivity index (χ0) is 28.5. The Bertz CT molecular complexity index is 1650. The van der Waals surface area contributed by atoms with Crippen LogP contribution in [0.25, 0.3) is 10.9 Å². The number of aliphatic imine (C=N–C) groups is 1. The molecule has 2 aliphatic heterocycles. The van der Waals surface area contributed by atoms with E-state index in [0.29, 0.717) is 64.6 Å². The van der Waals surface area contributed by atoms with Gasteiger partial charge in [-0.05, 0) is 49.0 Å². The van der Waals surface area contributed by atoms with Crippen LogP contribution in [0, 0.1) is 10.1 Å². The summed E-state index contributed by atoms with van der Waals surface area (Å²) in [6.07, 6.45) is 0.310. The predicted molar refractivity (Wildman–Crippen MR) is 154 cm³/mol. The van der Waals surface area contributed by atoms with Crippen LogP contribution in [-0.2, 0) is 11.2 Å². The number of nitrogens with zero attached hydrogens (tertiary/aromatic N) is 4. The number of hydrogen-bond donors (Lipinski definition) is 2. The molecule has 3 aromatic carbocycles. The number of nitro benzene ring substituents is 1. The van der Waals surface area contributed by atoms with E-state index >= 15 is 0 Å². The Morgan fingerprint density at radius 1 is 1.00 bits per heavy atom. The molecule has 2 N–H and O–H groups in total. The summed E-state index contributed by atoms with van der Waals surface area (Å²) in [6, 6.07) is 17.2. The third-order valence-electron chi connectivity index (χ3n) is 7.41. The molecule has 2 aliphatic rings. The van der Waals surface area contributed by atoms with Crippen LogP contribution in [0.15, 0.2) is 65.7 Å². The average Bonchev–Trinajstić information content (AvgIpc) is 3.31. The summed E-state index contributed by atoms with van der Waals surface area (Å²) in [4.78, 5) is 35.5. The summed E-state index contributed by atoms with van der Waals surface area (Å²) in [5.41, 5.74) is 3.33. The molecule has 0 unspecified atom stereocenters. The number of aromatic nitrogens is 1. The van der Waals surface area contributed by atoms with Crippen molar-refractivity contribution in [2.45, 2.75) is 6.42 Å². The number of aromatic amines is 1. The Kier molecular flexibility index (Phi) is 7.02. The third-order valence-corrected chi connectivity index (χ3v) is 7.41. The van der Waals surface area contributed by atoms with Crippen LogP contribution in [0.1, 0.15) is 16.7 Å². The minimum absolute atomic E-state index is 0.0928. The van der Waals surface area contributed by atoms with E-state index in [1.54, 1.807) is 18.2 Å². The Hall–Kier alpha value is -4.90. The smallest absolute Gasteiger partial charge is 0.271 e. The number of rotatable bonds is 6. The number of likely N-dealkylation sites (N-methyl/N-ethyl adjacent to an activating group) is 1. The Morgan fingerprint density at radius 3 is 2.46 bits per heavy atom. The number of piperazine rings is 1. The summed E-state index contributed by atoms with van der Waals surface area (Å²) < 4.78 is 11.5. The number of H-pyrrole nitrogens is 1. The SMILES string of the molecule is CN1CCN(C(=O)Cc2ccc(N=C(c3ccc4c(c3)OCCO4)c3c(O)[nH]c4cc([N+](=O)[O-])ccc34)cc2)CC1. The summed E-state index contributed by atoms with van der Waals surface area (Å²) in [6.45, 7) is 4.08. The molecule has 11 nitrogen and oxygen atoms in total. The van der Waals surface area contributed by atoms with E-state index in [4.69, 9.17) is 14.5 Å². The van der Waals surface area contributed by atoms with Gasteiger partial charge in [-0.1, -0.05) is 12.1 Å². The lowest BCUT2D eigenvalue weighted by Crippen LogP contribution is -2.47. The fraction of sp³-hybridized carbons (Fsp3) is 0.267.